The molecule has 1 aromatic heterocycles. The van der Waals surface area contributed by atoms with E-state index < -0.39 is 132 Å². The zero-order valence-corrected chi connectivity index (χ0v) is 71.1. The Morgan fingerprint density at radius 1 is 0.487 bits per heavy atom. The number of hydrogen-bond acceptors (Lipinski definition) is 27. The van der Waals surface area contributed by atoms with Gasteiger partial charge in [-0.05, 0) is 183 Å². The minimum atomic E-state index is -4.41. The molecule has 115 heavy (non-hydrogen) atoms. The Morgan fingerprint density at radius 3 is 1.37 bits per heavy atom. The fraction of sp³-hybridized carbons (Fsp3) is 0.620. The van der Waals surface area contributed by atoms with E-state index in [0.717, 1.165) is 44.3 Å². The first-order chi connectivity index (χ1) is 53.6. The topological polar surface area (TPSA) is 422 Å². The lowest BCUT2D eigenvalue weighted by atomic mass is 10.1. The maximum absolute atomic E-state index is 14.7. The second-order valence-electron chi connectivity index (χ2n) is 33.3. The van der Waals surface area contributed by atoms with Crippen molar-refractivity contribution in [2.45, 2.75) is 211 Å². The van der Waals surface area contributed by atoms with Gasteiger partial charge in [0.2, 0.25) is 37.8 Å². The number of sulfonamides is 2. The molecule has 36 heteroatoms. The Labute approximate surface area is 675 Å². The monoisotopic (exact) mass is 1650 g/mol. The first-order valence-electron chi connectivity index (χ1n) is 38.8. The average Bonchev–Trinajstić information content (AvgIpc) is 1.69. The van der Waals surface area contributed by atoms with Gasteiger partial charge in [0.05, 0.1) is 67.2 Å². The summed E-state index contributed by atoms with van der Waals surface area (Å²) in [5, 5.41) is 19.1. The standard InChI is InChI=1S/C79H120N14O20S2/c1-75(2,3)109-66(95)32-29-60(87-73(102)61(30-33-67(96)110-76(4,5)6)86-65(94)50-89-39-41-90(51-68(97)111-77(7,8)9)43-45-92(53-70(99)113-79(13,14)15)46-44-91(42-40-89)52-69(98)112-78(10,11)12)72(101)82-35-36-85-114(104,105)58-25-20-54(21-26-58)55-22-27-59(28-23-55)115(106,107)88-62(74(103)108-16)49-83-71(100)56-24-31-63-57(47-56)48-84-93(63)38-37-81-64-19-17-18-34-80-64/h20-28,31,47-48,60-62,85,88H,17-19,29-30,32-46,49-53H2,1-16H3,(H,80,81)(H,82,101)(H,83,100)(H,86,94)(H,87,102)/t60-,61-,62-/m0/s1. The minimum absolute atomic E-state index is 0.0854. The molecule has 3 aromatic carbocycles. The Balaban J connectivity index is 1.11. The summed E-state index contributed by atoms with van der Waals surface area (Å²) in [7, 11) is -7.59. The zero-order valence-electron chi connectivity index (χ0n) is 69.4. The van der Waals surface area contributed by atoms with Crippen LogP contribution in [0, 0.1) is 0 Å². The van der Waals surface area contributed by atoms with Crippen LogP contribution >= 0.6 is 0 Å². The van der Waals surface area contributed by atoms with Crippen molar-refractivity contribution in [1.29, 1.82) is 0 Å². The van der Waals surface area contributed by atoms with Gasteiger partial charge in [0.15, 0.2) is 0 Å². The molecular formula is C79H120N14O20S2. The van der Waals surface area contributed by atoms with Crippen LogP contribution in [-0.4, -0.2) is 276 Å². The molecule has 1 saturated heterocycles. The van der Waals surface area contributed by atoms with E-state index in [1.165, 1.54) is 48.5 Å². The molecule has 3 atom stereocenters. The van der Waals surface area contributed by atoms with Crippen molar-refractivity contribution in [2.24, 2.45) is 4.99 Å². The van der Waals surface area contributed by atoms with Crippen LogP contribution in [0.1, 0.15) is 159 Å². The summed E-state index contributed by atoms with van der Waals surface area (Å²) in [6.07, 6.45) is 3.30. The molecule has 0 spiro atoms. The van der Waals surface area contributed by atoms with Gasteiger partial charge in [-0.2, -0.15) is 9.82 Å². The van der Waals surface area contributed by atoms with Crippen molar-refractivity contribution in [2.75, 3.05) is 118 Å². The highest BCUT2D eigenvalue weighted by Gasteiger charge is 2.34. The van der Waals surface area contributed by atoms with Crippen LogP contribution < -0.4 is 36.0 Å². The van der Waals surface area contributed by atoms with Gasteiger partial charge in [-0.3, -0.25) is 77.2 Å². The minimum Gasteiger partial charge on any atom is -0.468 e. The number of nitrogens with zero attached hydrogens (tertiary/aromatic N) is 7. The van der Waals surface area contributed by atoms with Crippen LogP contribution in [0.2, 0.25) is 0 Å². The maximum atomic E-state index is 14.7. The highest BCUT2D eigenvalue weighted by molar-refractivity contribution is 7.89. The summed E-state index contributed by atoms with van der Waals surface area (Å²) in [5.41, 5.74) is -2.21. The number of nitrogens with one attached hydrogen (secondary N) is 7. The molecule has 4 aromatic rings. The normalized spacial score (nSPS) is 15.9. The molecular weight excluding hydrogens is 1530 g/mol. The van der Waals surface area contributed by atoms with Gasteiger partial charge < -0.3 is 55.0 Å². The van der Waals surface area contributed by atoms with Gasteiger partial charge in [0, 0.05) is 115 Å². The first kappa shape index (κ1) is 94.8. The third-order valence-electron chi connectivity index (χ3n) is 17.3. The van der Waals surface area contributed by atoms with Crippen LogP contribution in [0.15, 0.2) is 87.7 Å². The molecule has 7 N–H and O–H groups in total. The summed E-state index contributed by atoms with van der Waals surface area (Å²) < 4.78 is 94.5. The Hall–Kier alpha value is -9.04. The molecule has 3 heterocycles. The molecule has 0 unspecified atom stereocenters. The number of ether oxygens (including phenoxy) is 6. The summed E-state index contributed by atoms with van der Waals surface area (Å²) in [6, 6.07) is 11.6. The lowest BCUT2D eigenvalue weighted by Crippen LogP contribution is -2.56. The molecule has 0 bridgehead atoms. The van der Waals surface area contributed by atoms with Crippen LogP contribution in [0.25, 0.3) is 22.0 Å². The van der Waals surface area contributed by atoms with E-state index in [4.69, 9.17) is 28.4 Å². The van der Waals surface area contributed by atoms with Gasteiger partial charge in [-0.1, -0.05) is 24.3 Å². The molecule has 4 amide bonds. The van der Waals surface area contributed by atoms with E-state index in [-0.39, 0.29) is 133 Å². The number of esters is 6. The Morgan fingerprint density at radius 2 is 0.930 bits per heavy atom. The molecule has 2 aliphatic heterocycles. The number of carbonyl (C=O) groups is 10. The van der Waals surface area contributed by atoms with Crippen molar-refractivity contribution < 1.29 is 93.2 Å². The van der Waals surface area contributed by atoms with Gasteiger partial charge in [-0.15, -0.1) is 0 Å². The molecule has 0 aliphatic carbocycles. The Kier molecular flexibility index (Phi) is 35.2. The van der Waals surface area contributed by atoms with Crippen LogP contribution in [0.5, 0.6) is 0 Å². The molecule has 0 radical (unpaired) electrons. The highest BCUT2D eigenvalue weighted by Crippen LogP contribution is 2.25. The van der Waals surface area contributed by atoms with E-state index >= 15 is 0 Å². The van der Waals surface area contributed by atoms with E-state index in [0.29, 0.717) is 29.6 Å². The summed E-state index contributed by atoms with van der Waals surface area (Å²) in [5.74, 6) is -5.92. The van der Waals surface area contributed by atoms with E-state index in [1.54, 1.807) is 133 Å². The van der Waals surface area contributed by atoms with Crippen LogP contribution in [0.3, 0.4) is 0 Å². The number of amides is 4. The van der Waals surface area contributed by atoms with Gasteiger partial charge in [-0.25, -0.2) is 21.6 Å². The molecule has 1 fully saturated rings. The van der Waals surface area contributed by atoms with Crippen LogP contribution in [0.4, 0.5) is 0 Å². The van der Waals surface area contributed by atoms with Gasteiger partial charge in [0.1, 0.15) is 46.1 Å². The molecule has 34 nitrogen and oxygen atoms in total. The Bertz CT molecular complexity index is 4210. The third-order valence-corrected chi connectivity index (χ3v) is 20.3. The fourth-order valence-electron chi connectivity index (χ4n) is 12.1. The summed E-state index contributed by atoms with van der Waals surface area (Å²) in [4.78, 5) is 148. The van der Waals surface area contributed by atoms with E-state index in [2.05, 4.69) is 46.1 Å². The second-order valence-corrected chi connectivity index (χ2v) is 36.8. The number of methoxy groups -OCH3 is 1. The first-order valence-corrected chi connectivity index (χ1v) is 41.7. The predicted octanol–water partition coefficient (Wildman–Crippen LogP) is 3.98. The highest BCUT2D eigenvalue weighted by atomic mass is 32.2. The van der Waals surface area contributed by atoms with Crippen molar-refractivity contribution in [3.63, 3.8) is 0 Å². The lowest BCUT2D eigenvalue weighted by molar-refractivity contribution is -0.158. The second kappa shape index (κ2) is 42.7. The molecule has 2 aliphatic rings. The number of carbonyl (C=O) groups excluding carboxylic acids is 10. The average molecular weight is 1650 g/mol. The molecule has 6 rings (SSSR count). The van der Waals surface area contributed by atoms with Gasteiger partial charge in [0.25, 0.3) is 5.91 Å². The van der Waals surface area contributed by atoms with Crippen molar-refractivity contribution in [3.05, 3.63) is 78.5 Å². The third kappa shape index (κ3) is 35.1. The van der Waals surface area contributed by atoms with Crippen molar-refractivity contribution >= 4 is 96.2 Å². The van der Waals surface area contributed by atoms with Crippen molar-refractivity contribution in [3.8, 4) is 11.1 Å². The fourth-order valence-corrected chi connectivity index (χ4v) is 14.3. The number of rotatable bonds is 34. The van der Waals surface area contributed by atoms with E-state index in [9.17, 15) is 64.8 Å². The number of hydrogen-bond donors (Lipinski definition) is 7. The van der Waals surface area contributed by atoms with Gasteiger partial charge >= 0.3 is 35.8 Å². The van der Waals surface area contributed by atoms with E-state index in [1.807, 2.05) is 19.4 Å². The largest absolute Gasteiger partial charge is 0.468 e. The zero-order chi connectivity index (χ0) is 85.3. The predicted molar refractivity (Wildman–Crippen MR) is 430 cm³/mol. The lowest BCUT2D eigenvalue weighted by Gasteiger charge is -2.34. The molecule has 638 valence electrons. The summed E-state index contributed by atoms with van der Waals surface area (Å²) in [6.45, 7) is 27.6. The quantitative estimate of drug-likeness (QED) is 0.0197. The summed E-state index contributed by atoms with van der Waals surface area (Å²) >= 11 is 0. The number of fused-ring (bicyclic) bond motifs is 1. The number of aliphatic imine (C=N–C) groups is 1. The number of benzene rings is 3. The number of amidine groups is 1. The maximum Gasteiger partial charge on any atom is 0.325 e. The smallest absolute Gasteiger partial charge is 0.325 e. The van der Waals surface area contributed by atoms with Crippen molar-refractivity contribution in [1.82, 2.24) is 65.4 Å². The molecule has 0 saturated carbocycles. The van der Waals surface area contributed by atoms with Crippen LogP contribution in [-0.2, 0) is 98.2 Å². The number of aromatic nitrogens is 2. The SMILES string of the molecule is COC(=O)[C@H](CNC(=O)c1ccc2c(cnn2CCNC2=NCCCC2)c1)NS(=O)(=O)c1ccc(-c2ccc(S(=O)(=O)NCCNC(=O)[C@H](CCC(=O)OC(C)(C)C)NC(=O)[C@H](CCC(=O)OC(C)(C)C)NC(=O)CN3CCN(CC(=O)OC(C)(C)C)CCN(CC(=O)OC(C)(C)C)CCN(CC(=O)OC(C)(C)C)CC3)cc2)cc1.